The van der Waals surface area contributed by atoms with Crippen LogP contribution in [0.3, 0.4) is 0 Å². The molecule has 68 valence electrons. The summed E-state index contributed by atoms with van der Waals surface area (Å²) in [6.45, 7) is 0. The number of rotatable bonds is 1. The molecule has 1 aromatic rings. The normalized spacial score (nSPS) is 12.8. The van der Waals surface area contributed by atoms with Crippen molar-refractivity contribution in [1.29, 1.82) is 0 Å². The number of hydrogen-bond donors (Lipinski definition) is 1. The summed E-state index contributed by atoms with van der Waals surface area (Å²) in [5.74, 6) is 0. The predicted octanol–water partition coefficient (Wildman–Crippen LogP) is -2.47. The number of aliphatic hydroxyl groups excluding tert-OH is 1. The Morgan fingerprint density at radius 1 is 1.31 bits per heavy atom. The molecular weight excluding hydrogens is 219 g/mol. The number of benzene rings is 1. The van der Waals surface area contributed by atoms with Gasteiger partial charge in [-0.15, -0.1) is 0 Å². The maximum atomic E-state index is 10.6. The Morgan fingerprint density at radius 2 is 1.69 bits per heavy atom. The van der Waals surface area contributed by atoms with Gasteiger partial charge in [-0.25, -0.2) is 0 Å². The molecule has 3 nitrogen and oxygen atoms in total. The summed E-state index contributed by atoms with van der Waals surface area (Å²) in [5, 5.41) is 7.00. The van der Waals surface area contributed by atoms with Crippen LogP contribution in [0.4, 0.5) is 0 Å². The molecule has 1 aromatic carbocycles. The molecule has 1 N–H and O–H groups in total. The molecule has 0 aromatic heterocycles. The molecule has 0 saturated carbocycles. The van der Waals surface area contributed by atoms with Gasteiger partial charge in [0, 0.05) is 12.0 Å². The molecule has 0 radical (unpaired) electrons. The Hall–Kier alpha value is 0.510. The van der Waals surface area contributed by atoms with Crippen molar-refractivity contribution >= 4 is 20.0 Å². The van der Waals surface area contributed by atoms with Gasteiger partial charge in [-0.2, -0.15) is 0 Å². The molecule has 0 aliphatic rings. The molecule has 0 aliphatic carbocycles. The van der Waals surface area contributed by atoms with Crippen molar-refractivity contribution in [1.82, 2.24) is 0 Å². The van der Waals surface area contributed by atoms with Crippen LogP contribution in [0.1, 0.15) is 0 Å². The maximum Gasteiger partial charge on any atom is 1.00 e. The molecule has 1 rings (SSSR count). The second-order valence-electron chi connectivity index (χ2n) is 1.77. The van der Waals surface area contributed by atoms with Crippen molar-refractivity contribution in [3.63, 3.8) is 0 Å². The van der Waals surface area contributed by atoms with Gasteiger partial charge in [0.15, 0.2) is 0 Å². The van der Waals surface area contributed by atoms with E-state index < -0.39 is 8.77 Å². The summed E-state index contributed by atoms with van der Waals surface area (Å²) in [4.78, 5) is 0.185. The van der Waals surface area contributed by atoms with E-state index in [2.05, 4.69) is 11.2 Å². The van der Waals surface area contributed by atoms with E-state index in [0.29, 0.717) is 0 Å². The first kappa shape index (κ1) is 16.0. The third-order valence-electron chi connectivity index (χ3n) is 1.03. The molecule has 0 aliphatic heterocycles. The summed E-state index contributed by atoms with van der Waals surface area (Å²) in [5.41, 5.74) is 0. The largest absolute Gasteiger partial charge is 1.00 e. The van der Waals surface area contributed by atoms with Crippen molar-refractivity contribution < 1.29 is 43.4 Å². The molecule has 0 spiro atoms. The van der Waals surface area contributed by atoms with Gasteiger partial charge in [0.25, 0.3) is 0 Å². The van der Waals surface area contributed by atoms with Crippen LogP contribution in [0.2, 0.25) is 0 Å². The van der Waals surface area contributed by atoms with E-state index in [1.807, 2.05) is 0 Å². The summed E-state index contributed by atoms with van der Waals surface area (Å²) >= 11 is 4.22. The summed E-state index contributed by atoms with van der Waals surface area (Å²) in [6, 6.07) is 7.97. The molecule has 0 saturated heterocycles. The molecular formula is C7H9NaO3S2. The standard InChI is InChI=1S/C6H6O2S2.CH4O.Na/c7-10(8,9)6-4-2-1-3-5-6;1-2;/h1-5H,(H,7,8,9);2H,1H3;/q;;+1/p-1. The van der Waals surface area contributed by atoms with Gasteiger partial charge in [-0.3, -0.25) is 4.21 Å². The van der Waals surface area contributed by atoms with E-state index >= 15 is 0 Å². The Bertz CT molecular complexity index is 310. The monoisotopic (exact) mass is 228 g/mol. The molecule has 0 amide bonds. The molecule has 1 atom stereocenters. The molecule has 1 unspecified atom stereocenters. The van der Waals surface area contributed by atoms with Crippen LogP contribution in [-0.4, -0.2) is 21.0 Å². The number of aliphatic hydroxyl groups is 1. The molecule has 0 bridgehead atoms. The van der Waals surface area contributed by atoms with Crippen molar-refractivity contribution in [2.75, 3.05) is 7.11 Å². The van der Waals surface area contributed by atoms with Crippen molar-refractivity contribution in [3.05, 3.63) is 30.3 Å². The third kappa shape index (κ3) is 6.56. The summed E-state index contributed by atoms with van der Waals surface area (Å²) in [6.07, 6.45) is 0. The van der Waals surface area contributed by atoms with Gasteiger partial charge in [-0.1, -0.05) is 18.2 Å². The zero-order chi connectivity index (χ0) is 9.61. The topological polar surface area (TPSA) is 60.4 Å². The summed E-state index contributed by atoms with van der Waals surface area (Å²) in [7, 11) is -2.42. The van der Waals surface area contributed by atoms with Crippen LogP contribution < -0.4 is 29.6 Å². The van der Waals surface area contributed by atoms with Crippen molar-refractivity contribution in [3.8, 4) is 0 Å². The van der Waals surface area contributed by atoms with E-state index in [4.69, 9.17) is 5.11 Å². The van der Waals surface area contributed by atoms with Gasteiger partial charge < -0.3 is 9.66 Å². The zero-order valence-electron chi connectivity index (χ0n) is 7.47. The maximum absolute atomic E-state index is 10.6. The Balaban J connectivity index is 0. The SMILES string of the molecule is CO.O=S([O-])(=S)c1ccccc1.[Na+]. The van der Waals surface area contributed by atoms with Gasteiger partial charge in [0.2, 0.25) is 0 Å². The van der Waals surface area contributed by atoms with E-state index in [-0.39, 0.29) is 34.5 Å². The fourth-order valence-electron chi connectivity index (χ4n) is 0.587. The smallest absolute Gasteiger partial charge is 0.766 e. The van der Waals surface area contributed by atoms with Crippen LogP contribution in [0.15, 0.2) is 35.2 Å². The average Bonchev–Trinajstić information content (AvgIpc) is 2.08. The molecule has 0 heterocycles. The van der Waals surface area contributed by atoms with Crippen LogP contribution in [0.25, 0.3) is 0 Å². The van der Waals surface area contributed by atoms with Crippen LogP contribution in [-0.2, 0) is 20.0 Å². The first-order valence-corrected chi connectivity index (χ1v) is 5.47. The van der Waals surface area contributed by atoms with Crippen molar-refractivity contribution in [2.45, 2.75) is 4.90 Å². The minimum Gasteiger partial charge on any atom is -0.766 e. The molecule has 13 heavy (non-hydrogen) atoms. The average molecular weight is 228 g/mol. The Labute approximate surface area is 105 Å². The minimum absolute atomic E-state index is 0. The number of hydrogen-bond acceptors (Lipinski definition) is 4. The first-order chi connectivity index (χ1) is 5.61. The van der Waals surface area contributed by atoms with Crippen LogP contribution >= 0.6 is 0 Å². The van der Waals surface area contributed by atoms with E-state index in [1.165, 1.54) is 12.1 Å². The zero-order valence-corrected chi connectivity index (χ0v) is 11.1. The third-order valence-corrected chi connectivity index (χ3v) is 2.46. The van der Waals surface area contributed by atoms with E-state index in [9.17, 15) is 8.76 Å². The Kier molecular flexibility index (Phi) is 9.66. The van der Waals surface area contributed by atoms with Gasteiger partial charge in [-0.05, 0) is 32.1 Å². The van der Waals surface area contributed by atoms with Crippen molar-refractivity contribution in [2.24, 2.45) is 0 Å². The van der Waals surface area contributed by atoms with Gasteiger partial charge in [0.05, 0.1) is 0 Å². The summed E-state index contributed by atoms with van der Waals surface area (Å²) < 4.78 is 21.3. The fraction of sp³-hybridized carbons (Fsp3) is 0.143. The predicted molar refractivity (Wildman–Crippen MR) is 49.1 cm³/mol. The quantitative estimate of drug-likeness (QED) is 0.541. The van der Waals surface area contributed by atoms with Gasteiger partial charge >= 0.3 is 29.6 Å². The fourth-order valence-corrected chi connectivity index (χ4v) is 1.41. The minimum atomic E-state index is -3.42. The molecule has 6 heteroatoms. The van der Waals surface area contributed by atoms with Crippen LogP contribution in [0.5, 0.6) is 0 Å². The molecule has 0 fully saturated rings. The Morgan fingerprint density at radius 3 is 1.92 bits per heavy atom. The van der Waals surface area contributed by atoms with Crippen LogP contribution in [0, 0.1) is 0 Å². The van der Waals surface area contributed by atoms with E-state index in [0.717, 1.165) is 7.11 Å². The first-order valence-electron chi connectivity index (χ1n) is 3.06. The van der Waals surface area contributed by atoms with E-state index in [1.54, 1.807) is 18.2 Å². The van der Waals surface area contributed by atoms with Gasteiger partial charge in [0.1, 0.15) is 0 Å². The second kappa shape index (κ2) is 7.87. The second-order valence-corrected chi connectivity index (χ2v) is 4.46.